The molecular formula is C23H31IN4O3S. The van der Waals surface area contributed by atoms with Gasteiger partial charge < -0.3 is 15.5 Å². The number of nitrogens with one attached hydrogen (secondary N) is 2. The number of likely N-dealkylation sites (tertiary alicyclic amines) is 1. The van der Waals surface area contributed by atoms with Gasteiger partial charge in [0.1, 0.15) is 0 Å². The lowest BCUT2D eigenvalue weighted by Gasteiger charge is -2.18. The fourth-order valence-corrected chi connectivity index (χ4v) is 4.80. The number of hydrogen-bond donors (Lipinski definition) is 2. The molecule has 32 heavy (non-hydrogen) atoms. The van der Waals surface area contributed by atoms with Crippen LogP contribution in [-0.4, -0.2) is 64.2 Å². The number of rotatable bonds is 9. The van der Waals surface area contributed by atoms with Crippen LogP contribution in [0.3, 0.4) is 0 Å². The molecule has 0 bridgehead atoms. The van der Waals surface area contributed by atoms with Gasteiger partial charge in [-0.2, -0.15) is 0 Å². The molecule has 2 aromatic carbocycles. The number of nitrogens with zero attached hydrogens (tertiary/aromatic N) is 2. The molecule has 9 heteroatoms. The first-order chi connectivity index (χ1) is 15.0. The van der Waals surface area contributed by atoms with Crippen molar-refractivity contribution < 1.29 is 13.2 Å². The first-order valence-electron chi connectivity index (χ1n) is 10.5. The topological polar surface area (TPSA) is 90.9 Å². The van der Waals surface area contributed by atoms with Crippen LogP contribution < -0.4 is 10.6 Å². The van der Waals surface area contributed by atoms with Crippen molar-refractivity contribution in [2.75, 3.05) is 39.0 Å². The largest absolute Gasteiger partial charge is 0.356 e. The Morgan fingerprint density at radius 3 is 2.38 bits per heavy atom. The fraction of sp³-hybridized carbons (Fsp3) is 0.391. The summed E-state index contributed by atoms with van der Waals surface area (Å²) in [6.07, 6.45) is 1.37. The predicted molar refractivity (Wildman–Crippen MR) is 138 cm³/mol. The zero-order chi connectivity index (χ0) is 22.1. The van der Waals surface area contributed by atoms with E-state index in [4.69, 9.17) is 0 Å². The van der Waals surface area contributed by atoms with Crippen LogP contribution >= 0.6 is 24.0 Å². The van der Waals surface area contributed by atoms with Gasteiger partial charge in [-0.25, -0.2) is 8.42 Å². The number of carbonyl (C=O) groups excluding carboxylic acids is 1. The van der Waals surface area contributed by atoms with Gasteiger partial charge in [-0.1, -0.05) is 48.5 Å². The first-order valence-corrected chi connectivity index (χ1v) is 12.2. The van der Waals surface area contributed by atoms with E-state index in [9.17, 15) is 13.2 Å². The second-order valence-electron chi connectivity index (χ2n) is 7.66. The third kappa shape index (κ3) is 7.77. The number of sulfone groups is 1. The molecule has 1 aliphatic heterocycles. The van der Waals surface area contributed by atoms with Crippen molar-refractivity contribution in [2.45, 2.75) is 17.7 Å². The Labute approximate surface area is 207 Å². The highest BCUT2D eigenvalue weighted by molar-refractivity contribution is 14.0. The molecule has 1 heterocycles. The molecule has 0 aromatic heterocycles. The summed E-state index contributed by atoms with van der Waals surface area (Å²) in [5, 5.41) is 6.27. The summed E-state index contributed by atoms with van der Waals surface area (Å²) in [4.78, 5) is 18.7. The number of benzene rings is 2. The first kappa shape index (κ1) is 26.1. The average molecular weight is 570 g/mol. The lowest BCUT2D eigenvalue weighted by Crippen LogP contribution is -2.42. The third-order valence-corrected chi connectivity index (χ3v) is 7.09. The molecule has 2 aromatic rings. The maximum Gasteiger partial charge on any atom is 0.223 e. The fourth-order valence-electron chi connectivity index (χ4n) is 3.63. The summed E-state index contributed by atoms with van der Waals surface area (Å²) in [5.41, 5.74) is 1.23. The quantitative estimate of drug-likeness (QED) is 0.275. The van der Waals surface area contributed by atoms with Crippen LogP contribution in [0.15, 0.2) is 70.6 Å². The Balaban J connectivity index is 0.00000363. The minimum Gasteiger partial charge on any atom is -0.356 e. The summed E-state index contributed by atoms with van der Waals surface area (Å²) in [7, 11) is -1.69. The molecule has 174 valence electrons. The van der Waals surface area contributed by atoms with Crippen LogP contribution in [0, 0.1) is 5.92 Å². The standard InChI is InChI=1S/C23H30N4O3S.HI/c1-24-23(25-13-15-31(29,30)21-10-6-3-7-11-21)26-17-20-16-22(28)27(18-20)14-12-19-8-4-2-5-9-19;/h2-11,20H,12-18H2,1H3,(H2,24,25,26);1H. The van der Waals surface area contributed by atoms with Crippen LogP contribution in [0.2, 0.25) is 0 Å². The Hall–Kier alpha value is -2.14. The minimum absolute atomic E-state index is 0. The Bertz CT molecular complexity index is 985. The SMILES string of the molecule is CN=C(NCCS(=O)(=O)c1ccccc1)NCC1CC(=O)N(CCc2ccccc2)C1.I. The van der Waals surface area contributed by atoms with E-state index in [1.54, 1.807) is 37.4 Å². The lowest BCUT2D eigenvalue weighted by atomic mass is 10.1. The Kier molecular flexibility index (Phi) is 10.4. The highest BCUT2D eigenvalue weighted by Gasteiger charge is 2.29. The van der Waals surface area contributed by atoms with Crippen molar-refractivity contribution >= 4 is 45.7 Å². The maximum absolute atomic E-state index is 12.4. The molecule has 2 N–H and O–H groups in total. The summed E-state index contributed by atoms with van der Waals surface area (Å²) >= 11 is 0. The molecule has 1 aliphatic rings. The minimum atomic E-state index is -3.34. The van der Waals surface area contributed by atoms with Gasteiger partial charge in [0.25, 0.3) is 0 Å². The second kappa shape index (κ2) is 12.8. The van der Waals surface area contributed by atoms with Gasteiger partial charge in [-0.15, -0.1) is 24.0 Å². The van der Waals surface area contributed by atoms with E-state index in [0.29, 0.717) is 23.8 Å². The number of carbonyl (C=O) groups is 1. The van der Waals surface area contributed by atoms with Crippen molar-refractivity contribution in [3.05, 3.63) is 66.2 Å². The zero-order valence-electron chi connectivity index (χ0n) is 18.2. The molecule has 1 saturated heterocycles. The van der Waals surface area contributed by atoms with Crippen LogP contribution in [0.4, 0.5) is 0 Å². The van der Waals surface area contributed by atoms with Crippen molar-refractivity contribution in [2.24, 2.45) is 10.9 Å². The van der Waals surface area contributed by atoms with E-state index in [1.165, 1.54) is 5.56 Å². The van der Waals surface area contributed by atoms with E-state index in [1.807, 2.05) is 23.1 Å². The van der Waals surface area contributed by atoms with Crippen molar-refractivity contribution in [3.63, 3.8) is 0 Å². The predicted octanol–water partition coefficient (Wildman–Crippen LogP) is 2.33. The molecule has 1 atom stereocenters. The summed E-state index contributed by atoms with van der Waals surface area (Å²) in [6.45, 7) is 2.31. The van der Waals surface area contributed by atoms with Gasteiger partial charge >= 0.3 is 0 Å². The van der Waals surface area contributed by atoms with Crippen LogP contribution in [0.1, 0.15) is 12.0 Å². The van der Waals surface area contributed by atoms with Gasteiger partial charge in [-0.05, 0) is 24.1 Å². The van der Waals surface area contributed by atoms with E-state index < -0.39 is 9.84 Å². The van der Waals surface area contributed by atoms with E-state index in [-0.39, 0.29) is 48.1 Å². The summed E-state index contributed by atoms with van der Waals surface area (Å²) < 4.78 is 24.7. The number of halogens is 1. The molecule has 1 fully saturated rings. The van der Waals surface area contributed by atoms with E-state index in [0.717, 1.165) is 19.5 Å². The monoisotopic (exact) mass is 570 g/mol. The van der Waals surface area contributed by atoms with Gasteiger partial charge in [0.2, 0.25) is 5.91 Å². The van der Waals surface area contributed by atoms with Crippen molar-refractivity contribution in [3.8, 4) is 0 Å². The number of amides is 1. The van der Waals surface area contributed by atoms with Crippen LogP contribution in [0.5, 0.6) is 0 Å². The smallest absolute Gasteiger partial charge is 0.223 e. The molecule has 0 radical (unpaired) electrons. The van der Waals surface area contributed by atoms with Gasteiger partial charge in [0, 0.05) is 45.6 Å². The van der Waals surface area contributed by atoms with Crippen molar-refractivity contribution in [1.29, 1.82) is 0 Å². The average Bonchev–Trinajstić information content (AvgIpc) is 3.15. The molecule has 0 saturated carbocycles. The normalized spacial score (nSPS) is 16.5. The summed E-state index contributed by atoms with van der Waals surface area (Å²) in [6, 6.07) is 18.6. The van der Waals surface area contributed by atoms with Gasteiger partial charge in [0.15, 0.2) is 15.8 Å². The third-order valence-electron chi connectivity index (χ3n) is 5.36. The van der Waals surface area contributed by atoms with Crippen molar-refractivity contribution in [1.82, 2.24) is 15.5 Å². The molecule has 0 aliphatic carbocycles. The maximum atomic E-state index is 12.4. The molecule has 0 spiro atoms. The molecule has 7 nitrogen and oxygen atoms in total. The Morgan fingerprint density at radius 1 is 1.06 bits per heavy atom. The van der Waals surface area contributed by atoms with Gasteiger partial charge in [0.05, 0.1) is 10.6 Å². The number of guanidine groups is 1. The number of hydrogen-bond acceptors (Lipinski definition) is 4. The second-order valence-corrected chi connectivity index (χ2v) is 9.77. The van der Waals surface area contributed by atoms with E-state index in [2.05, 4.69) is 27.8 Å². The molecule has 1 unspecified atom stereocenters. The van der Waals surface area contributed by atoms with Crippen LogP contribution in [-0.2, 0) is 21.1 Å². The highest BCUT2D eigenvalue weighted by Crippen LogP contribution is 2.17. The Morgan fingerprint density at radius 2 is 1.72 bits per heavy atom. The summed E-state index contributed by atoms with van der Waals surface area (Å²) in [5.74, 6) is 0.903. The molecule has 1 amide bonds. The highest BCUT2D eigenvalue weighted by atomic mass is 127. The van der Waals surface area contributed by atoms with E-state index >= 15 is 0 Å². The van der Waals surface area contributed by atoms with Crippen LogP contribution in [0.25, 0.3) is 0 Å². The number of aliphatic imine (C=N–C) groups is 1. The zero-order valence-corrected chi connectivity index (χ0v) is 21.4. The van der Waals surface area contributed by atoms with Gasteiger partial charge in [-0.3, -0.25) is 9.79 Å². The molecular weight excluding hydrogens is 539 g/mol. The lowest BCUT2D eigenvalue weighted by molar-refractivity contribution is -0.127. The molecule has 3 rings (SSSR count).